The molecule has 0 saturated carbocycles. The van der Waals surface area contributed by atoms with E-state index in [2.05, 4.69) is 32.7 Å². The first-order valence-electron chi connectivity index (χ1n) is 12.7. The highest BCUT2D eigenvalue weighted by Crippen LogP contribution is 2.35. The number of benzene rings is 1. The Bertz CT molecular complexity index is 1580. The summed E-state index contributed by atoms with van der Waals surface area (Å²) in [5.41, 5.74) is 1.35. The minimum Gasteiger partial charge on any atom is -0.496 e. The van der Waals surface area contributed by atoms with Gasteiger partial charge < -0.3 is 18.8 Å². The quantitative estimate of drug-likeness (QED) is 0.390. The Kier molecular flexibility index (Phi) is 7.63. The van der Waals surface area contributed by atoms with Gasteiger partial charge in [0.05, 0.1) is 40.0 Å². The van der Waals surface area contributed by atoms with E-state index in [1.807, 2.05) is 24.3 Å². The molecule has 1 fully saturated rings. The van der Waals surface area contributed by atoms with Crippen molar-refractivity contribution in [3.8, 4) is 5.75 Å². The molecule has 8 nitrogen and oxygen atoms in total. The van der Waals surface area contributed by atoms with Crippen LogP contribution in [0.2, 0.25) is 0 Å². The topological polar surface area (TPSA) is 86.3 Å². The van der Waals surface area contributed by atoms with Gasteiger partial charge in [0, 0.05) is 25.2 Å². The van der Waals surface area contributed by atoms with Gasteiger partial charge in [0.1, 0.15) is 11.5 Å². The number of halogens is 1. The summed E-state index contributed by atoms with van der Waals surface area (Å²) in [5, 5.41) is 0. The van der Waals surface area contributed by atoms with Crippen molar-refractivity contribution in [1.29, 1.82) is 0 Å². The van der Waals surface area contributed by atoms with Crippen LogP contribution in [-0.4, -0.2) is 37.3 Å². The second-order valence-corrected chi connectivity index (χ2v) is 11.4. The van der Waals surface area contributed by atoms with Crippen molar-refractivity contribution in [3.05, 3.63) is 77.1 Å². The van der Waals surface area contributed by atoms with Crippen LogP contribution < -0.4 is 24.5 Å². The Morgan fingerprint density at radius 2 is 2.03 bits per heavy atom. The first-order chi connectivity index (χ1) is 18.3. The number of anilines is 1. The van der Waals surface area contributed by atoms with Crippen LogP contribution in [0.4, 0.5) is 5.88 Å². The van der Waals surface area contributed by atoms with Crippen LogP contribution in [0.25, 0.3) is 6.08 Å². The number of allylic oxidation sites excluding steroid dienone is 1. The summed E-state index contributed by atoms with van der Waals surface area (Å²) >= 11 is 4.81. The molecule has 0 N–H and O–H groups in total. The van der Waals surface area contributed by atoms with Crippen LogP contribution in [-0.2, 0) is 9.53 Å². The Labute approximate surface area is 233 Å². The molecule has 0 radical (unpaired) electrons. The second-order valence-electron chi connectivity index (χ2n) is 9.54. The fraction of sp³-hybridized carbons (Fsp3) is 0.393. The first kappa shape index (κ1) is 26.5. The number of methoxy groups -OCH3 is 1. The van der Waals surface area contributed by atoms with E-state index in [1.165, 1.54) is 11.3 Å². The maximum atomic E-state index is 13.8. The number of thiazole rings is 1. The van der Waals surface area contributed by atoms with E-state index in [9.17, 15) is 9.59 Å². The lowest BCUT2D eigenvalue weighted by Crippen LogP contribution is -2.39. The van der Waals surface area contributed by atoms with Gasteiger partial charge >= 0.3 is 5.97 Å². The van der Waals surface area contributed by atoms with Crippen LogP contribution in [0.3, 0.4) is 0 Å². The molecule has 5 rings (SSSR count). The third kappa shape index (κ3) is 4.99. The maximum Gasteiger partial charge on any atom is 0.338 e. The standard InChI is InChI=1S/C28H30BrN3O5S/c1-5-36-27(34)24-17(3)30-28-32(25(24)18-6-8-21(35-4)20(29)14-18)26(33)22(38-28)15-19-7-9-23(37-19)31-12-10-16(2)11-13-31/h6-9,14-16,25H,5,10-13H2,1-4H3/b22-15+/t25-/m1/s1. The monoisotopic (exact) mass is 599 g/mol. The lowest BCUT2D eigenvalue weighted by atomic mass is 9.96. The lowest BCUT2D eigenvalue weighted by molar-refractivity contribution is -0.139. The number of esters is 1. The van der Waals surface area contributed by atoms with E-state index < -0.39 is 12.0 Å². The van der Waals surface area contributed by atoms with Crippen LogP contribution in [0.1, 0.15) is 51.0 Å². The van der Waals surface area contributed by atoms with Gasteiger partial charge in [-0.05, 0) is 72.3 Å². The minimum atomic E-state index is -0.697. The number of hydrogen-bond acceptors (Lipinski definition) is 8. The normalized spacial score (nSPS) is 18.4. The van der Waals surface area contributed by atoms with E-state index in [1.54, 1.807) is 37.7 Å². The molecule has 0 bridgehead atoms. The van der Waals surface area contributed by atoms with Crippen LogP contribution in [0, 0.1) is 5.92 Å². The summed E-state index contributed by atoms with van der Waals surface area (Å²) in [5.74, 6) is 2.30. The van der Waals surface area contributed by atoms with E-state index >= 15 is 0 Å². The number of hydrogen-bond donors (Lipinski definition) is 0. The molecule has 38 heavy (non-hydrogen) atoms. The molecule has 10 heteroatoms. The zero-order valence-electron chi connectivity index (χ0n) is 21.8. The van der Waals surface area contributed by atoms with Crippen molar-refractivity contribution in [3.63, 3.8) is 0 Å². The average molecular weight is 601 g/mol. The predicted molar refractivity (Wildman–Crippen MR) is 150 cm³/mol. The predicted octanol–water partition coefficient (Wildman–Crippen LogP) is 4.40. The van der Waals surface area contributed by atoms with E-state index in [-0.39, 0.29) is 12.2 Å². The summed E-state index contributed by atoms with van der Waals surface area (Å²) in [6.45, 7) is 7.94. The summed E-state index contributed by atoms with van der Waals surface area (Å²) in [7, 11) is 1.59. The molecule has 0 amide bonds. The number of furan rings is 1. The van der Waals surface area contributed by atoms with Gasteiger partial charge in [-0.1, -0.05) is 24.3 Å². The molecular formula is C28H30BrN3O5S. The van der Waals surface area contributed by atoms with E-state index in [0.29, 0.717) is 36.6 Å². The SMILES string of the molecule is CCOC(=O)C1=C(C)N=c2s/c(=C/c3ccc(N4CCC(C)CC4)o3)c(=O)n2[C@@H]1c1ccc(OC)c(Br)c1. The van der Waals surface area contributed by atoms with Gasteiger partial charge in [0.2, 0.25) is 0 Å². The van der Waals surface area contributed by atoms with Crippen molar-refractivity contribution < 1.29 is 18.7 Å². The largest absolute Gasteiger partial charge is 0.496 e. The van der Waals surface area contributed by atoms with Gasteiger partial charge in [-0.2, -0.15) is 0 Å². The third-order valence-corrected chi connectivity index (χ3v) is 8.59. The molecule has 1 atom stereocenters. The minimum absolute atomic E-state index is 0.218. The Morgan fingerprint density at radius 1 is 1.26 bits per heavy atom. The summed E-state index contributed by atoms with van der Waals surface area (Å²) in [6.07, 6.45) is 4.03. The summed E-state index contributed by atoms with van der Waals surface area (Å²) in [6, 6.07) is 8.66. The van der Waals surface area contributed by atoms with Crippen LogP contribution in [0.15, 0.2) is 60.3 Å². The van der Waals surface area contributed by atoms with E-state index in [4.69, 9.17) is 13.9 Å². The maximum absolute atomic E-state index is 13.8. The molecule has 1 saturated heterocycles. The van der Waals surface area contributed by atoms with Crippen molar-refractivity contribution in [2.75, 3.05) is 31.7 Å². The zero-order chi connectivity index (χ0) is 27.0. The molecule has 2 aliphatic rings. The molecule has 0 aliphatic carbocycles. The molecular weight excluding hydrogens is 570 g/mol. The highest BCUT2D eigenvalue weighted by molar-refractivity contribution is 9.10. The van der Waals surface area contributed by atoms with E-state index in [0.717, 1.165) is 43.3 Å². The zero-order valence-corrected chi connectivity index (χ0v) is 24.2. The average Bonchev–Trinajstić information content (AvgIpc) is 3.48. The Balaban J connectivity index is 1.59. The highest BCUT2D eigenvalue weighted by atomic mass is 79.9. The fourth-order valence-electron chi connectivity index (χ4n) is 4.91. The Morgan fingerprint density at radius 3 is 2.71 bits per heavy atom. The number of aromatic nitrogens is 1. The van der Waals surface area contributed by atoms with Gasteiger partial charge in [-0.15, -0.1) is 0 Å². The molecule has 0 unspecified atom stereocenters. The molecule has 200 valence electrons. The van der Waals surface area contributed by atoms with Crippen LogP contribution in [0.5, 0.6) is 5.75 Å². The van der Waals surface area contributed by atoms with Crippen molar-refractivity contribution in [1.82, 2.24) is 4.57 Å². The lowest BCUT2D eigenvalue weighted by Gasteiger charge is -2.29. The highest BCUT2D eigenvalue weighted by Gasteiger charge is 2.33. The van der Waals surface area contributed by atoms with Crippen molar-refractivity contribution in [2.24, 2.45) is 10.9 Å². The number of rotatable bonds is 6. The molecule has 1 aromatic carbocycles. The number of carbonyl (C=O) groups excluding carboxylic acids is 1. The molecule has 2 aromatic heterocycles. The molecule has 2 aliphatic heterocycles. The summed E-state index contributed by atoms with van der Waals surface area (Å²) < 4.78 is 19.6. The number of piperidine rings is 1. The van der Waals surface area contributed by atoms with Crippen molar-refractivity contribution >= 4 is 45.2 Å². The molecule has 0 spiro atoms. The second kappa shape index (κ2) is 10.9. The smallest absolute Gasteiger partial charge is 0.338 e. The number of carbonyl (C=O) groups is 1. The summed E-state index contributed by atoms with van der Waals surface area (Å²) in [4.78, 5) is 34.3. The fourth-order valence-corrected chi connectivity index (χ4v) is 6.49. The number of ether oxygens (including phenoxy) is 2. The molecule has 3 aromatic rings. The van der Waals surface area contributed by atoms with Gasteiger partial charge in [0.15, 0.2) is 10.7 Å². The Hall–Kier alpha value is -3.11. The number of fused-ring (bicyclic) bond motifs is 1. The number of nitrogens with zero attached hydrogens (tertiary/aromatic N) is 3. The molecule has 4 heterocycles. The van der Waals surface area contributed by atoms with Gasteiger partial charge in [-0.25, -0.2) is 9.79 Å². The first-order valence-corrected chi connectivity index (χ1v) is 14.3. The van der Waals surface area contributed by atoms with Crippen LogP contribution >= 0.6 is 27.3 Å². The van der Waals surface area contributed by atoms with Gasteiger partial charge in [-0.3, -0.25) is 9.36 Å². The van der Waals surface area contributed by atoms with Gasteiger partial charge in [0.25, 0.3) is 5.56 Å². The van der Waals surface area contributed by atoms with Crippen molar-refractivity contribution in [2.45, 2.75) is 39.7 Å². The third-order valence-electron chi connectivity index (χ3n) is 6.99.